The van der Waals surface area contributed by atoms with Gasteiger partial charge in [-0.15, -0.1) is 0 Å². The van der Waals surface area contributed by atoms with Crippen LogP contribution in [0.4, 0.5) is 5.69 Å². The maximum atomic E-state index is 12.3. The Kier molecular flexibility index (Phi) is 6.01. The molecule has 2 N–H and O–H groups in total. The molecule has 0 saturated heterocycles. The van der Waals surface area contributed by atoms with Crippen molar-refractivity contribution < 1.29 is 4.79 Å². The van der Waals surface area contributed by atoms with Crippen LogP contribution in [0, 0.1) is 19.8 Å². The van der Waals surface area contributed by atoms with Crippen LogP contribution in [0.2, 0.25) is 0 Å². The number of carbonyl (C=O) groups excluding carboxylic acids is 1. The number of para-hydroxylation sites is 1. The molecule has 24 heavy (non-hydrogen) atoms. The minimum Gasteiger partial charge on any atom is -0.380 e. The topological polar surface area (TPSA) is 59.0 Å². The highest BCUT2D eigenvalue weighted by Crippen LogP contribution is 2.14. The number of carbonyl (C=O) groups is 1. The molecular weight excluding hydrogens is 300 g/mol. The third kappa shape index (κ3) is 4.60. The number of aromatic nitrogens is 2. The molecule has 1 aromatic carbocycles. The zero-order chi connectivity index (χ0) is 17.7. The Bertz CT molecular complexity index is 676. The van der Waals surface area contributed by atoms with Crippen molar-refractivity contribution in [1.29, 1.82) is 0 Å². The number of anilines is 1. The van der Waals surface area contributed by atoms with E-state index in [-0.39, 0.29) is 11.9 Å². The van der Waals surface area contributed by atoms with Crippen LogP contribution in [0.5, 0.6) is 0 Å². The van der Waals surface area contributed by atoms with Gasteiger partial charge in [0.2, 0.25) is 5.91 Å². The highest BCUT2D eigenvalue weighted by atomic mass is 16.1. The lowest BCUT2D eigenvalue weighted by Crippen LogP contribution is -2.40. The van der Waals surface area contributed by atoms with Gasteiger partial charge in [-0.05, 0) is 31.9 Å². The minimum absolute atomic E-state index is 0.0368. The summed E-state index contributed by atoms with van der Waals surface area (Å²) in [4.78, 5) is 12.3. The van der Waals surface area contributed by atoms with Crippen molar-refractivity contribution in [2.24, 2.45) is 13.0 Å². The number of nitrogens with zero attached hydrogens (tertiary/aromatic N) is 2. The largest absolute Gasteiger partial charge is 0.380 e. The van der Waals surface area contributed by atoms with Crippen LogP contribution in [-0.4, -0.2) is 28.3 Å². The van der Waals surface area contributed by atoms with Crippen LogP contribution < -0.4 is 10.6 Å². The van der Waals surface area contributed by atoms with Gasteiger partial charge >= 0.3 is 0 Å². The number of rotatable bonds is 7. The molecule has 1 atom stereocenters. The van der Waals surface area contributed by atoms with Crippen LogP contribution in [0.1, 0.15) is 30.8 Å². The van der Waals surface area contributed by atoms with Gasteiger partial charge in [-0.25, -0.2) is 0 Å². The molecule has 2 aromatic rings. The lowest BCUT2D eigenvalue weighted by atomic mass is 10.0. The van der Waals surface area contributed by atoms with Crippen molar-refractivity contribution in [2.75, 3.05) is 11.9 Å². The van der Waals surface area contributed by atoms with Gasteiger partial charge in [-0.2, -0.15) is 5.10 Å². The molecule has 0 bridgehead atoms. The van der Waals surface area contributed by atoms with E-state index in [9.17, 15) is 4.79 Å². The molecule has 0 spiro atoms. The minimum atomic E-state index is 0.0368. The van der Waals surface area contributed by atoms with E-state index in [0.29, 0.717) is 18.9 Å². The normalized spacial score (nSPS) is 12.2. The average Bonchev–Trinajstić information content (AvgIpc) is 2.78. The Hall–Kier alpha value is -2.30. The molecule has 0 radical (unpaired) electrons. The molecule has 0 saturated carbocycles. The molecule has 0 unspecified atom stereocenters. The van der Waals surface area contributed by atoms with Gasteiger partial charge < -0.3 is 10.6 Å². The zero-order valence-electron chi connectivity index (χ0n) is 15.3. The summed E-state index contributed by atoms with van der Waals surface area (Å²) in [6.07, 6.45) is 0.377. The fraction of sp³-hybridized carbons (Fsp3) is 0.474. The summed E-state index contributed by atoms with van der Waals surface area (Å²) in [6, 6.07) is 10.3. The zero-order valence-corrected chi connectivity index (χ0v) is 15.3. The van der Waals surface area contributed by atoms with E-state index in [2.05, 4.69) is 29.6 Å². The fourth-order valence-electron chi connectivity index (χ4n) is 2.72. The van der Waals surface area contributed by atoms with Crippen LogP contribution in [0.3, 0.4) is 0 Å². The van der Waals surface area contributed by atoms with E-state index in [1.54, 1.807) is 0 Å². The van der Waals surface area contributed by atoms with E-state index in [4.69, 9.17) is 0 Å². The number of aryl methyl sites for hydroxylation is 2. The van der Waals surface area contributed by atoms with Gasteiger partial charge in [-0.3, -0.25) is 9.48 Å². The molecule has 1 aromatic heterocycles. The highest BCUT2D eigenvalue weighted by molar-refractivity contribution is 5.79. The molecule has 0 aliphatic rings. The van der Waals surface area contributed by atoms with E-state index in [1.165, 1.54) is 0 Å². The summed E-state index contributed by atoms with van der Waals surface area (Å²) in [5.74, 6) is 0.446. The quantitative estimate of drug-likeness (QED) is 0.822. The van der Waals surface area contributed by atoms with Gasteiger partial charge in [0.05, 0.1) is 12.1 Å². The van der Waals surface area contributed by atoms with Crippen molar-refractivity contribution in [1.82, 2.24) is 15.1 Å². The van der Waals surface area contributed by atoms with Crippen LogP contribution >= 0.6 is 0 Å². The van der Waals surface area contributed by atoms with Gasteiger partial charge in [-0.1, -0.05) is 32.0 Å². The monoisotopic (exact) mass is 328 g/mol. The van der Waals surface area contributed by atoms with E-state index in [0.717, 1.165) is 22.6 Å². The van der Waals surface area contributed by atoms with Crippen LogP contribution in [-0.2, 0) is 18.3 Å². The first kappa shape index (κ1) is 18.0. The van der Waals surface area contributed by atoms with Crippen molar-refractivity contribution in [3.05, 3.63) is 47.3 Å². The van der Waals surface area contributed by atoms with Gasteiger partial charge in [0.1, 0.15) is 0 Å². The number of hydrogen-bond acceptors (Lipinski definition) is 3. The number of benzene rings is 1. The molecule has 0 aliphatic carbocycles. The van der Waals surface area contributed by atoms with Crippen molar-refractivity contribution in [3.8, 4) is 0 Å². The summed E-state index contributed by atoms with van der Waals surface area (Å²) >= 11 is 0. The molecule has 2 rings (SSSR count). The summed E-state index contributed by atoms with van der Waals surface area (Å²) < 4.78 is 1.83. The standard InChI is InChI=1S/C19H28N4O/c1-13(2)18(21-16-9-7-6-8-10-16)12-20-19(24)11-17-14(3)22-23(5)15(17)4/h6-10,13,18,21H,11-12H2,1-5H3,(H,20,24)/t18-/m0/s1. The SMILES string of the molecule is Cc1nn(C)c(C)c1CC(=O)NC[C@H](Nc1ccccc1)C(C)C. The summed E-state index contributed by atoms with van der Waals surface area (Å²) in [5.41, 5.74) is 4.06. The summed E-state index contributed by atoms with van der Waals surface area (Å²) in [7, 11) is 1.91. The predicted octanol–water partition coefficient (Wildman–Crippen LogP) is 2.83. The first-order chi connectivity index (χ1) is 11.4. The maximum absolute atomic E-state index is 12.3. The average molecular weight is 328 g/mol. The van der Waals surface area contributed by atoms with E-state index in [1.807, 2.05) is 55.9 Å². The first-order valence-electron chi connectivity index (χ1n) is 8.45. The number of amides is 1. The fourth-order valence-corrected chi connectivity index (χ4v) is 2.72. The lowest BCUT2D eigenvalue weighted by molar-refractivity contribution is -0.120. The second-order valence-electron chi connectivity index (χ2n) is 6.61. The number of hydrogen-bond donors (Lipinski definition) is 2. The predicted molar refractivity (Wildman–Crippen MR) is 98.1 cm³/mol. The van der Waals surface area contributed by atoms with E-state index < -0.39 is 0 Å². The van der Waals surface area contributed by atoms with Gasteiger partial charge in [0, 0.05) is 36.6 Å². The van der Waals surface area contributed by atoms with Crippen molar-refractivity contribution in [3.63, 3.8) is 0 Å². The second-order valence-corrected chi connectivity index (χ2v) is 6.61. The lowest BCUT2D eigenvalue weighted by Gasteiger charge is -2.24. The Morgan fingerprint density at radius 1 is 1.21 bits per heavy atom. The smallest absolute Gasteiger partial charge is 0.224 e. The molecular formula is C19H28N4O. The molecule has 0 fully saturated rings. The number of nitrogens with one attached hydrogen (secondary N) is 2. The third-order valence-electron chi connectivity index (χ3n) is 4.45. The highest BCUT2D eigenvalue weighted by Gasteiger charge is 2.17. The van der Waals surface area contributed by atoms with Crippen LogP contribution in [0.15, 0.2) is 30.3 Å². The van der Waals surface area contributed by atoms with E-state index >= 15 is 0 Å². The molecule has 1 amide bonds. The third-order valence-corrected chi connectivity index (χ3v) is 4.45. The van der Waals surface area contributed by atoms with Crippen molar-refractivity contribution >= 4 is 11.6 Å². The Balaban J connectivity index is 1.93. The van der Waals surface area contributed by atoms with Crippen molar-refractivity contribution in [2.45, 2.75) is 40.2 Å². The molecule has 130 valence electrons. The van der Waals surface area contributed by atoms with Gasteiger partial charge in [0.25, 0.3) is 0 Å². The maximum Gasteiger partial charge on any atom is 0.224 e. The molecule has 5 heteroatoms. The van der Waals surface area contributed by atoms with Crippen LogP contribution in [0.25, 0.3) is 0 Å². The Morgan fingerprint density at radius 2 is 1.88 bits per heavy atom. The van der Waals surface area contributed by atoms with Gasteiger partial charge in [0.15, 0.2) is 0 Å². The Morgan fingerprint density at radius 3 is 2.42 bits per heavy atom. The summed E-state index contributed by atoms with van der Waals surface area (Å²) in [5, 5.41) is 10.9. The second kappa shape index (κ2) is 7.99. The summed E-state index contributed by atoms with van der Waals surface area (Å²) in [6.45, 7) is 8.86. The molecule has 0 aliphatic heterocycles. The molecule has 5 nitrogen and oxygen atoms in total. The first-order valence-corrected chi connectivity index (χ1v) is 8.45. The molecule has 1 heterocycles. The Labute approximate surface area is 144 Å².